The first-order valence-electron chi connectivity index (χ1n) is 13.4. The van der Waals surface area contributed by atoms with Crippen LogP contribution < -0.4 is 0 Å². The van der Waals surface area contributed by atoms with Crippen molar-refractivity contribution in [1.29, 1.82) is 0 Å². The molecule has 0 spiro atoms. The van der Waals surface area contributed by atoms with Crippen molar-refractivity contribution < 1.29 is 15.3 Å². The first-order chi connectivity index (χ1) is 15.3. The van der Waals surface area contributed by atoms with Crippen LogP contribution in [0.2, 0.25) is 0 Å². The molecule has 0 aliphatic heterocycles. The van der Waals surface area contributed by atoms with Crippen molar-refractivity contribution in [2.24, 2.45) is 50.7 Å². The highest BCUT2D eigenvalue weighted by molar-refractivity contribution is 5.44. The van der Waals surface area contributed by atoms with Crippen LogP contribution in [0.4, 0.5) is 0 Å². The Morgan fingerprint density at radius 1 is 0.970 bits per heavy atom. The summed E-state index contributed by atoms with van der Waals surface area (Å²) in [5.41, 5.74) is 1.75. The van der Waals surface area contributed by atoms with Gasteiger partial charge in [-0.1, -0.05) is 83.9 Å². The lowest BCUT2D eigenvalue weighted by atomic mass is 9.36. The molecule has 0 radical (unpaired) electrons. The Balaban J connectivity index is 1.67. The predicted molar refractivity (Wildman–Crippen MR) is 133 cm³/mol. The molecule has 0 aromatic rings. The summed E-state index contributed by atoms with van der Waals surface area (Å²) in [4.78, 5) is 0. The smallest absolute Gasteiger partial charge is 0.0678 e. The van der Waals surface area contributed by atoms with E-state index in [1.807, 2.05) is 6.92 Å². The zero-order chi connectivity index (χ0) is 24.2. The molecule has 0 bridgehead atoms. The highest BCUT2D eigenvalue weighted by atomic mass is 16.3. The van der Waals surface area contributed by atoms with E-state index in [-0.39, 0.29) is 28.8 Å². The van der Waals surface area contributed by atoms with E-state index in [4.69, 9.17) is 0 Å². The van der Waals surface area contributed by atoms with E-state index in [1.165, 1.54) is 12.8 Å². The molecule has 3 nitrogen and oxygen atoms in total. The largest absolute Gasteiger partial charge is 0.395 e. The molecule has 0 aromatic heterocycles. The van der Waals surface area contributed by atoms with Gasteiger partial charge in [-0.25, -0.2) is 0 Å². The summed E-state index contributed by atoms with van der Waals surface area (Å²) in [5.74, 6) is 2.25. The third-order valence-electron chi connectivity index (χ3n) is 12.4. The summed E-state index contributed by atoms with van der Waals surface area (Å²) in [6.07, 6.45) is 13.4. The van der Waals surface area contributed by atoms with Crippen molar-refractivity contribution in [2.45, 2.75) is 92.8 Å². The monoisotopic (exact) mass is 454 g/mol. The molecule has 5 aliphatic rings. The minimum atomic E-state index is -0.716. The van der Waals surface area contributed by atoms with Gasteiger partial charge in [0.25, 0.3) is 0 Å². The fraction of sp³-hybridized carbons (Fsp3) is 0.800. The van der Waals surface area contributed by atoms with Gasteiger partial charge in [-0.05, 0) is 60.2 Å². The Morgan fingerprint density at radius 2 is 1.67 bits per heavy atom. The lowest BCUT2D eigenvalue weighted by Crippen LogP contribution is -2.64. The Labute approximate surface area is 201 Å². The number of hydrogen-bond acceptors (Lipinski definition) is 3. The Bertz CT molecular complexity index is 933. The fourth-order valence-corrected chi connectivity index (χ4v) is 9.54. The molecule has 11 atom stereocenters. The van der Waals surface area contributed by atoms with Crippen molar-refractivity contribution in [3.63, 3.8) is 0 Å². The molecule has 3 N–H and O–H groups in total. The van der Waals surface area contributed by atoms with Crippen molar-refractivity contribution >= 4 is 0 Å². The lowest BCUT2D eigenvalue weighted by Gasteiger charge is -2.68. The first-order valence-corrected chi connectivity index (χ1v) is 13.4. The van der Waals surface area contributed by atoms with Gasteiger partial charge in [0.05, 0.1) is 18.8 Å². The van der Waals surface area contributed by atoms with Crippen LogP contribution in [0.25, 0.3) is 0 Å². The molecule has 0 saturated heterocycles. The van der Waals surface area contributed by atoms with Crippen LogP contribution in [0, 0.1) is 50.7 Å². The number of fused-ring (bicyclic) bond motifs is 7. The van der Waals surface area contributed by atoms with Crippen LogP contribution in [0.15, 0.2) is 35.5 Å². The normalized spacial score (nSPS) is 57.8. The maximum absolute atomic E-state index is 11.5. The minimum absolute atomic E-state index is 0.0206. The lowest BCUT2D eigenvalue weighted by molar-refractivity contribution is -0.149. The first kappa shape index (κ1) is 23.8. The van der Waals surface area contributed by atoms with Crippen LogP contribution in [0.3, 0.4) is 0 Å². The third kappa shape index (κ3) is 2.68. The van der Waals surface area contributed by atoms with Gasteiger partial charge in [0.2, 0.25) is 0 Å². The summed E-state index contributed by atoms with van der Waals surface area (Å²) in [7, 11) is 0. The van der Waals surface area contributed by atoms with Crippen LogP contribution in [0.1, 0.15) is 80.6 Å². The molecular weight excluding hydrogens is 408 g/mol. The van der Waals surface area contributed by atoms with Gasteiger partial charge in [0.1, 0.15) is 0 Å². The number of aliphatic hydroxyl groups excluding tert-OH is 3. The van der Waals surface area contributed by atoms with Gasteiger partial charge >= 0.3 is 0 Å². The van der Waals surface area contributed by atoms with Crippen LogP contribution in [-0.4, -0.2) is 34.1 Å². The molecule has 5 rings (SSSR count). The van der Waals surface area contributed by atoms with E-state index in [0.29, 0.717) is 18.3 Å². The Morgan fingerprint density at radius 3 is 2.33 bits per heavy atom. The number of rotatable bonds is 1. The molecule has 0 heterocycles. The van der Waals surface area contributed by atoms with E-state index in [9.17, 15) is 15.3 Å². The van der Waals surface area contributed by atoms with Crippen LogP contribution >= 0.6 is 0 Å². The van der Waals surface area contributed by atoms with Gasteiger partial charge in [-0.3, -0.25) is 0 Å². The van der Waals surface area contributed by atoms with E-state index in [2.05, 4.69) is 65.8 Å². The van der Waals surface area contributed by atoms with E-state index >= 15 is 0 Å². The summed E-state index contributed by atoms with van der Waals surface area (Å²) in [5, 5.41) is 32.7. The average Bonchev–Trinajstić information content (AvgIpc) is 2.76. The molecule has 11 unspecified atom stereocenters. The third-order valence-corrected chi connectivity index (χ3v) is 12.4. The predicted octanol–water partition coefficient (Wildman–Crippen LogP) is 5.66. The van der Waals surface area contributed by atoms with Crippen molar-refractivity contribution in [2.75, 3.05) is 6.61 Å². The molecule has 0 aromatic carbocycles. The van der Waals surface area contributed by atoms with Crippen molar-refractivity contribution in [3.05, 3.63) is 35.5 Å². The summed E-state index contributed by atoms with van der Waals surface area (Å²) in [6, 6.07) is 0. The summed E-state index contributed by atoms with van der Waals surface area (Å²) < 4.78 is 0. The molecule has 0 amide bonds. The maximum atomic E-state index is 11.5. The van der Waals surface area contributed by atoms with E-state index < -0.39 is 23.0 Å². The van der Waals surface area contributed by atoms with E-state index in [0.717, 1.165) is 24.3 Å². The highest BCUT2D eigenvalue weighted by Gasteiger charge is 2.67. The molecular formula is C30H46O3. The molecule has 33 heavy (non-hydrogen) atoms. The number of aliphatic hydroxyl groups is 3. The number of hydrogen-bond donors (Lipinski definition) is 3. The number of allylic oxidation sites excluding steroid dienone is 5. The molecule has 2 saturated carbocycles. The van der Waals surface area contributed by atoms with Gasteiger partial charge in [-0.2, -0.15) is 0 Å². The summed E-state index contributed by atoms with van der Waals surface area (Å²) in [6.45, 7) is 16.4. The zero-order valence-electron chi connectivity index (χ0n) is 21.9. The van der Waals surface area contributed by atoms with Gasteiger partial charge in [0, 0.05) is 22.7 Å². The van der Waals surface area contributed by atoms with E-state index in [1.54, 1.807) is 5.57 Å². The second-order valence-electron chi connectivity index (χ2n) is 13.7. The molecule has 3 heteroatoms. The van der Waals surface area contributed by atoms with Crippen molar-refractivity contribution in [1.82, 2.24) is 0 Å². The fourth-order valence-electron chi connectivity index (χ4n) is 9.54. The molecule has 184 valence electrons. The van der Waals surface area contributed by atoms with Gasteiger partial charge < -0.3 is 15.3 Å². The maximum Gasteiger partial charge on any atom is 0.0678 e. The highest BCUT2D eigenvalue weighted by Crippen LogP contribution is 2.73. The zero-order valence-corrected chi connectivity index (χ0v) is 21.9. The minimum Gasteiger partial charge on any atom is -0.395 e. The molecule has 2 fully saturated rings. The second kappa shape index (κ2) is 7.08. The van der Waals surface area contributed by atoms with Crippen LogP contribution in [0.5, 0.6) is 0 Å². The Hall–Kier alpha value is -0.900. The molecule has 5 aliphatic carbocycles. The van der Waals surface area contributed by atoms with Gasteiger partial charge in [0.15, 0.2) is 0 Å². The summed E-state index contributed by atoms with van der Waals surface area (Å²) >= 11 is 0. The quantitative estimate of drug-likeness (QED) is 0.448. The van der Waals surface area contributed by atoms with Crippen LogP contribution in [-0.2, 0) is 0 Å². The second-order valence-corrected chi connectivity index (χ2v) is 13.7. The SMILES string of the molecule is CC1CCC2(C)C=CC3(C)C(=CCC4C5(C)C(=CCC43C)C(C)(CO)C(O)CC5O)C2C1C. The topological polar surface area (TPSA) is 60.7 Å². The standard InChI is InChI=1S/C30H46O3/c1-18-10-12-26(3)14-15-28(5)20(25(26)19(18)2)8-9-22-29(28,6)13-11-21-27(4,17-31)23(32)16-24(33)30(21,22)7/h8,11,14-15,18-19,22-25,31-33H,9-10,12-13,16-17H2,1-7H3. The Kier molecular flexibility index (Phi) is 5.11. The van der Waals surface area contributed by atoms with Gasteiger partial charge in [-0.15, -0.1) is 0 Å². The van der Waals surface area contributed by atoms with Crippen molar-refractivity contribution in [3.8, 4) is 0 Å². The average molecular weight is 455 g/mol.